The summed E-state index contributed by atoms with van der Waals surface area (Å²) in [6.45, 7) is 1.57. The third-order valence-electron chi connectivity index (χ3n) is 1.99. The minimum absolute atomic E-state index is 0.0770. The van der Waals surface area contributed by atoms with Crippen LogP contribution in [0.3, 0.4) is 0 Å². The molecule has 0 bridgehead atoms. The number of aryl methyl sites for hydroxylation is 1. The van der Waals surface area contributed by atoms with E-state index in [4.69, 9.17) is 4.74 Å². The Labute approximate surface area is 104 Å². The number of amides is 1. The molecule has 0 heterocycles. The van der Waals surface area contributed by atoms with Crippen LogP contribution in [0.15, 0.2) is 16.6 Å². The maximum absolute atomic E-state index is 12.1. The first-order valence-electron chi connectivity index (χ1n) is 4.48. The van der Waals surface area contributed by atoms with Gasteiger partial charge in [0.2, 0.25) is 0 Å². The standard InChI is InChI=1S/C10H9BrF3NO2/c1-5-3-6(17-2)4-7(11)8(5)15-9(16)10(12,13)14/h3-4H,1-2H3,(H,15,16). The molecule has 0 saturated heterocycles. The third kappa shape index (κ3) is 3.36. The van der Waals surface area contributed by atoms with Crippen molar-refractivity contribution in [1.82, 2.24) is 0 Å². The normalized spacial score (nSPS) is 11.2. The van der Waals surface area contributed by atoms with E-state index in [-0.39, 0.29) is 5.69 Å². The molecular weight excluding hydrogens is 303 g/mol. The average Bonchev–Trinajstić information content (AvgIpc) is 2.21. The van der Waals surface area contributed by atoms with E-state index < -0.39 is 12.1 Å². The van der Waals surface area contributed by atoms with Crippen molar-refractivity contribution in [2.24, 2.45) is 0 Å². The van der Waals surface area contributed by atoms with E-state index >= 15 is 0 Å². The number of hydrogen-bond donors (Lipinski definition) is 1. The van der Waals surface area contributed by atoms with E-state index in [0.717, 1.165) is 0 Å². The van der Waals surface area contributed by atoms with Crippen LogP contribution in [-0.2, 0) is 4.79 Å². The molecule has 0 unspecified atom stereocenters. The van der Waals surface area contributed by atoms with Crippen LogP contribution in [-0.4, -0.2) is 19.2 Å². The number of methoxy groups -OCH3 is 1. The number of benzene rings is 1. The Bertz CT molecular complexity index is 423. The van der Waals surface area contributed by atoms with Gasteiger partial charge in [-0.25, -0.2) is 0 Å². The lowest BCUT2D eigenvalue weighted by Gasteiger charge is -2.13. The van der Waals surface area contributed by atoms with Crippen molar-refractivity contribution >= 4 is 27.5 Å². The Morgan fingerprint density at radius 2 is 2.00 bits per heavy atom. The molecule has 3 nitrogen and oxygen atoms in total. The van der Waals surface area contributed by atoms with Gasteiger partial charge in [-0.1, -0.05) is 0 Å². The zero-order valence-corrected chi connectivity index (χ0v) is 10.6. The van der Waals surface area contributed by atoms with Gasteiger partial charge in [0.05, 0.1) is 12.8 Å². The number of hydrogen-bond acceptors (Lipinski definition) is 2. The van der Waals surface area contributed by atoms with Crippen molar-refractivity contribution in [3.63, 3.8) is 0 Å². The van der Waals surface area contributed by atoms with Gasteiger partial charge in [-0.2, -0.15) is 13.2 Å². The zero-order valence-electron chi connectivity index (χ0n) is 8.98. The number of rotatable bonds is 2. The molecule has 1 aromatic rings. The quantitative estimate of drug-likeness (QED) is 0.910. The molecule has 0 spiro atoms. The van der Waals surface area contributed by atoms with Crippen molar-refractivity contribution in [3.8, 4) is 5.75 Å². The fourth-order valence-electron chi connectivity index (χ4n) is 1.17. The van der Waals surface area contributed by atoms with Gasteiger partial charge in [-0.15, -0.1) is 0 Å². The average molecular weight is 312 g/mol. The molecule has 0 aliphatic carbocycles. The van der Waals surface area contributed by atoms with E-state index in [1.165, 1.54) is 19.2 Å². The molecule has 1 amide bonds. The van der Waals surface area contributed by atoms with Crippen LogP contribution in [0.4, 0.5) is 18.9 Å². The summed E-state index contributed by atoms with van der Waals surface area (Å²) in [6.07, 6.45) is -4.91. The van der Waals surface area contributed by atoms with Gasteiger partial charge >= 0.3 is 12.1 Å². The fourth-order valence-corrected chi connectivity index (χ4v) is 1.81. The molecule has 1 N–H and O–H groups in total. The van der Waals surface area contributed by atoms with Crippen LogP contribution in [0, 0.1) is 6.92 Å². The predicted molar refractivity (Wildman–Crippen MR) is 60.1 cm³/mol. The van der Waals surface area contributed by atoms with Crippen LogP contribution in [0.25, 0.3) is 0 Å². The van der Waals surface area contributed by atoms with Gasteiger partial charge in [0.15, 0.2) is 0 Å². The van der Waals surface area contributed by atoms with Crippen LogP contribution < -0.4 is 10.1 Å². The van der Waals surface area contributed by atoms with Gasteiger partial charge in [0, 0.05) is 4.47 Å². The van der Waals surface area contributed by atoms with E-state index in [0.29, 0.717) is 15.8 Å². The highest BCUT2D eigenvalue weighted by molar-refractivity contribution is 9.10. The monoisotopic (exact) mass is 311 g/mol. The Morgan fingerprint density at radius 3 is 2.41 bits per heavy atom. The lowest BCUT2D eigenvalue weighted by Crippen LogP contribution is -2.30. The van der Waals surface area contributed by atoms with Crippen molar-refractivity contribution in [3.05, 3.63) is 22.2 Å². The number of halogens is 4. The van der Waals surface area contributed by atoms with Gasteiger partial charge in [0.25, 0.3) is 0 Å². The number of carbonyl (C=O) groups excluding carboxylic acids is 1. The highest BCUT2D eigenvalue weighted by Crippen LogP contribution is 2.32. The van der Waals surface area contributed by atoms with E-state index in [1.54, 1.807) is 12.2 Å². The molecule has 1 rings (SSSR count). The highest BCUT2D eigenvalue weighted by atomic mass is 79.9. The molecule has 0 aromatic heterocycles. The molecule has 17 heavy (non-hydrogen) atoms. The summed E-state index contributed by atoms with van der Waals surface area (Å²) in [6, 6.07) is 3.00. The van der Waals surface area contributed by atoms with Gasteiger partial charge in [-0.05, 0) is 40.5 Å². The molecule has 0 fully saturated rings. The SMILES string of the molecule is COc1cc(C)c(NC(=O)C(F)(F)F)c(Br)c1. The summed E-state index contributed by atoms with van der Waals surface area (Å²) >= 11 is 3.07. The van der Waals surface area contributed by atoms with Crippen LogP contribution in [0.1, 0.15) is 5.56 Å². The molecule has 7 heteroatoms. The molecule has 0 aliphatic heterocycles. The predicted octanol–water partition coefficient (Wildman–Crippen LogP) is 3.27. The summed E-state index contributed by atoms with van der Waals surface area (Å²) in [7, 11) is 1.44. The summed E-state index contributed by atoms with van der Waals surface area (Å²) in [4.78, 5) is 10.8. The van der Waals surface area contributed by atoms with Crippen molar-refractivity contribution in [1.29, 1.82) is 0 Å². The molecule has 0 atom stereocenters. The number of nitrogens with one attached hydrogen (secondary N) is 1. The van der Waals surface area contributed by atoms with Crippen molar-refractivity contribution < 1.29 is 22.7 Å². The maximum Gasteiger partial charge on any atom is 0.471 e. The molecule has 1 aromatic carbocycles. The Balaban J connectivity index is 3.04. The van der Waals surface area contributed by atoms with Gasteiger partial charge in [-0.3, -0.25) is 4.79 Å². The molecule has 0 saturated carbocycles. The van der Waals surface area contributed by atoms with Crippen LogP contribution in [0.5, 0.6) is 5.75 Å². The second-order valence-electron chi connectivity index (χ2n) is 3.25. The zero-order chi connectivity index (χ0) is 13.2. The van der Waals surface area contributed by atoms with Crippen LogP contribution >= 0.6 is 15.9 Å². The first kappa shape index (κ1) is 13.8. The summed E-state index contributed by atoms with van der Waals surface area (Å²) in [5, 5.41) is 1.80. The smallest absolute Gasteiger partial charge is 0.471 e. The number of alkyl halides is 3. The van der Waals surface area contributed by atoms with Crippen molar-refractivity contribution in [2.45, 2.75) is 13.1 Å². The maximum atomic E-state index is 12.1. The minimum atomic E-state index is -4.91. The summed E-state index contributed by atoms with van der Waals surface area (Å²) in [5.74, 6) is -1.52. The first-order chi connectivity index (χ1) is 7.75. The molecular formula is C10H9BrF3NO2. The summed E-state index contributed by atoms with van der Waals surface area (Å²) in [5.41, 5.74) is 0.543. The second-order valence-corrected chi connectivity index (χ2v) is 4.11. The van der Waals surface area contributed by atoms with E-state index in [1.807, 2.05) is 0 Å². The lowest BCUT2D eigenvalue weighted by atomic mass is 10.2. The molecule has 94 valence electrons. The third-order valence-corrected chi connectivity index (χ3v) is 2.62. The minimum Gasteiger partial charge on any atom is -0.497 e. The fraction of sp³-hybridized carbons (Fsp3) is 0.300. The summed E-state index contributed by atoms with van der Waals surface area (Å²) < 4.78 is 41.5. The van der Waals surface area contributed by atoms with E-state index in [2.05, 4.69) is 15.9 Å². The van der Waals surface area contributed by atoms with Crippen molar-refractivity contribution in [2.75, 3.05) is 12.4 Å². The van der Waals surface area contributed by atoms with Crippen LogP contribution in [0.2, 0.25) is 0 Å². The number of carbonyl (C=O) groups is 1. The lowest BCUT2D eigenvalue weighted by molar-refractivity contribution is -0.167. The second kappa shape index (κ2) is 4.95. The molecule has 0 aliphatic rings. The Hall–Kier alpha value is -1.24. The number of ether oxygens (including phenoxy) is 1. The first-order valence-corrected chi connectivity index (χ1v) is 5.27. The molecule has 0 radical (unpaired) electrons. The van der Waals surface area contributed by atoms with Gasteiger partial charge < -0.3 is 10.1 Å². The Morgan fingerprint density at radius 1 is 1.41 bits per heavy atom. The Kier molecular flexibility index (Phi) is 4.03. The van der Waals surface area contributed by atoms with Gasteiger partial charge in [0.1, 0.15) is 5.75 Å². The van der Waals surface area contributed by atoms with E-state index in [9.17, 15) is 18.0 Å². The largest absolute Gasteiger partial charge is 0.497 e. The topological polar surface area (TPSA) is 38.3 Å². The number of anilines is 1. The highest BCUT2D eigenvalue weighted by Gasteiger charge is 2.39.